The Morgan fingerprint density at radius 1 is 0.964 bits per heavy atom. The van der Waals surface area contributed by atoms with Gasteiger partial charge in [-0.05, 0) is 74.4 Å². The molecule has 2 aromatic rings. The van der Waals surface area contributed by atoms with Gasteiger partial charge in [0.05, 0.1) is 19.0 Å². The monoisotopic (exact) mass is 380 g/mol. The van der Waals surface area contributed by atoms with Crippen molar-refractivity contribution in [2.75, 3.05) is 13.2 Å². The average molecular weight is 380 g/mol. The second kappa shape index (κ2) is 11.0. The number of allylic oxidation sites excluding steroid dienone is 2. The molecule has 0 atom stereocenters. The first-order valence-electron chi connectivity index (χ1n) is 9.59. The van der Waals surface area contributed by atoms with Crippen molar-refractivity contribution in [1.29, 1.82) is 0 Å². The van der Waals surface area contributed by atoms with Gasteiger partial charge in [-0.1, -0.05) is 20.4 Å². The summed E-state index contributed by atoms with van der Waals surface area (Å²) in [6.07, 6.45) is 5.16. The van der Waals surface area contributed by atoms with Crippen LogP contribution in [0.5, 0.6) is 17.2 Å². The van der Waals surface area contributed by atoms with Gasteiger partial charge >= 0.3 is 0 Å². The molecule has 2 rings (SSSR count). The highest BCUT2D eigenvalue weighted by molar-refractivity contribution is 6.07. The average Bonchev–Trinajstić information content (AvgIpc) is 2.69. The summed E-state index contributed by atoms with van der Waals surface area (Å²) in [5, 5.41) is 0. The number of ketones is 1. The molecule has 0 fully saturated rings. The van der Waals surface area contributed by atoms with Crippen molar-refractivity contribution >= 4 is 11.9 Å². The molecule has 0 bridgehead atoms. The van der Waals surface area contributed by atoms with Crippen LogP contribution in [0.2, 0.25) is 0 Å². The molecule has 0 saturated heterocycles. The van der Waals surface area contributed by atoms with E-state index in [2.05, 4.69) is 20.4 Å². The molecule has 0 saturated carbocycles. The molecule has 0 radical (unpaired) electrons. The minimum Gasteiger partial charge on any atom is -0.494 e. The highest BCUT2D eigenvalue weighted by Crippen LogP contribution is 2.26. The Labute approximate surface area is 167 Å². The highest BCUT2D eigenvalue weighted by Gasteiger charge is 2.07. The zero-order valence-electron chi connectivity index (χ0n) is 16.9. The summed E-state index contributed by atoms with van der Waals surface area (Å²) in [6.45, 7) is 10.9. The normalized spacial score (nSPS) is 10.7. The van der Waals surface area contributed by atoms with E-state index in [1.807, 2.05) is 18.2 Å². The number of hydrogen-bond acceptors (Lipinski definition) is 4. The molecule has 0 unspecified atom stereocenters. The van der Waals surface area contributed by atoms with E-state index >= 15 is 0 Å². The van der Waals surface area contributed by atoms with E-state index in [0.717, 1.165) is 29.9 Å². The predicted molar refractivity (Wildman–Crippen MR) is 113 cm³/mol. The molecule has 2 aromatic carbocycles. The molecule has 0 aliphatic rings. The van der Waals surface area contributed by atoms with Crippen molar-refractivity contribution < 1.29 is 19.0 Å². The summed E-state index contributed by atoms with van der Waals surface area (Å²) >= 11 is 0. The van der Waals surface area contributed by atoms with E-state index in [1.54, 1.807) is 43.3 Å². The Kier molecular flexibility index (Phi) is 8.35. The molecule has 4 heteroatoms. The lowest BCUT2D eigenvalue weighted by atomic mass is 10.1. The van der Waals surface area contributed by atoms with Crippen LogP contribution in [0.1, 0.15) is 49.5 Å². The molecule has 0 aromatic heterocycles. The summed E-state index contributed by atoms with van der Waals surface area (Å²) in [4.78, 5) is 12.5. The highest BCUT2D eigenvalue weighted by atomic mass is 16.5. The van der Waals surface area contributed by atoms with Gasteiger partial charge in [0.15, 0.2) is 5.78 Å². The summed E-state index contributed by atoms with van der Waals surface area (Å²) < 4.78 is 16.9. The van der Waals surface area contributed by atoms with Crippen LogP contribution >= 0.6 is 0 Å². The molecule has 4 nitrogen and oxygen atoms in total. The van der Waals surface area contributed by atoms with Crippen LogP contribution in [0.15, 0.2) is 60.9 Å². The molecule has 0 aliphatic carbocycles. The van der Waals surface area contributed by atoms with E-state index < -0.39 is 0 Å². The van der Waals surface area contributed by atoms with Crippen molar-refractivity contribution in [2.45, 2.75) is 33.6 Å². The SMILES string of the molecule is C=C(C)Oc1ccc(C(=O)/C=C/c2cc(OCCC)ccc2OCCC)cc1. The van der Waals surface area contributed by atoms with Gasteiger partial charge in [-0.2, -0.15) is 0 Å². The van der Waals surface area contributed by atoms with Crippen molar-refractivity contribution in [3.05, 3.63) is 72.0 Å². The first-order chi connectivity index (χ1) is 13.5. The number of rotatable bonds is 11. The van der Waals surface area contributed by atoms with Crippen LogP contribution in [0.25, 0.3) is 6.08 Å². The number of benzene rings is 2. The maximum Gasteiger partial charge on any atom is 0.185 e. The predicted octanol–water partition coefficient (Wildman–Crippen LogP) is 6.07. The number of hydrogen-bond donors (Lipinski definition) is 0. The fraction of sp³-hybridized carbons (Fsp3) is 0.292. The molecule has 0 heterocycles. The quantitative estimate of drug-likeness (QED) is 0.269. The topological polar surface area (TPSA) is 44.8 Å². The molecule has 148 valence electrons. The van der Waals surface area contributed by atoms with Crippen LogP contribution in [-0.2, 0) is 0 Å². The Bertz CT molecular complexity index is 819. The van der Waals surface area contributed by atoms with Crippen molar-refractivity contribution in [1.82, 2.24) is 0 Å². The third-order valence-electron chi connectivity index (χ3n) is 3.76. The Morgan fingerprint density at radius 2 is 1.61 bits per heavy atom. The lowest BCUT2D eigenvalue weighted by molar-refractivity contribution is 0.104. The lowest BCUT2D eigenvalue weighted by Crippen LogP contribution is -2.00. The van der Waals surface area contributed by atoms with Gasteiger partial charge in [0.25, 0.3) is 0 Å². The molecule has 0 aliphatic heterocycles. The molecule has 0 spiro atoms. The van der Waals surface area contributed by atoms with E-state index in [0.29, 0.717) is 30.3 Å². The van der Waals surface area contributed by atoms with Gasteiger partial charge in [-0.25, -0.2) is 0 Å². The standard InChI is InChI=1S/C24H28O4/c1-5-15-26-22-12-14-24(27-16-6-2)20(17-22)9-13-23(25)19-7-10-21(11-8-19)28-18(3)4/h7-14,17H,3,5-6,15-16H2,1-2,4H3/b13-9+. The van der Waals surface area contributed by atoms with E-state index in [-0.39, 0.29) is 5.78 Å². The van der Waals surface area contributed by atoms with E-state index in [1.165, 1.54) is 0 Å². The van der Waals surface area contributed by atoms with E-state index in [4.69, 9.17) is 14.2 Å². The fourth-order valence-corrected chi connectivity index (χ4v) is 2.46. The fourth-order valence-electron chi connectivity index (χ4n) is 2.46. The Morgan fingerprint density at radius 3 is 2.25 bits per heavy atom. The minimum atomic E-state index is -0.0943. The first-order valence-corrected chi connectivity index (χ1v) is 9.59. The van der Waals surface area contributed by atoms with Crippen LogP contribution < -0.4 is 14.2 Å². The molecule has 0 amide bonds. The maximum absolute atomic E-state index is 12.5. The third-order valence-corrected chi connectivity index (χ3v) is 3.76. The second-order valence-electron chi connectivity index (χ2n) is 6.42. The summed E-state index contributed by atoms with van der Waals surface area (Å²) in [5.74, 6) is 2.66. The molecular weight excluding hydrogens is 352 g/mol. The first kappa shape index (κ1) is 21.3. The van der Waals surface area contributed by atoms with Gasteiger partial charge in [-0.3, -0.25) is 4.79 Å². The summed E-state index contributed by atoms with van der Waals surface area (Å²) in [5.41, 5.74) is 1.40. The zero-order chi connectivity index (χ0) is 20.4. The third kappa shape index (κ3) is 6.62. The minimum absolute atomic E-state index is 0.0943. The van der Waals surface area contributed by atoms with Gasteiger partial charge < -0.3 is 14.2 Å². The van der Waals surface area contributed by atoms with Crippen molar-refractivity contribution in [3.8, 4) is 17.2 Å². The van der Waals surface area contributed by atoms with Crippen LogP contribution in [0.3, 0.4) is 0 Å². The molecule has 0 N–H and O–H groups in total. The van der Waals surface area contributed by atoms with Gasteiger partial charge in [0, 0.05) is 11.1 Å². The molecular formula is C24H28O4. The van der Waals surface area contributed by atoms with Crippen molar-refractivity contribution in [3.63, 3.8) is 0 Å². The van der Waals surface area contributed by atoms with E-state index in [9.17, 15) is 4.79 Å². The number of ether oxygens (including phenoxy) is 3. The van der Waals surface area contributed by atoms with Gasteiger partial charge in [-0.15, -0.1) is 0 Å². The maximum atomic E-state index is 12.5. The lowest BCUT2D eigenvalue weighted by Gasteiger charge is -2.11. The number of carbonyl (C=O) groups is 1. The molecule has 28 heavy (non-hydrogen) atoms. The Hall–Kier alpha value is -3.01. The van der Waals surface area contributed by atoms with Crippen LogP contribution in [0.4, 0.5) is 0 Å². The second-order valence-corrected chi connectivity index (χ2v) is 6.42. The van der Waals surface area contributed by atoms with Gasteiger partial charge in [0.1, 0.15) is 17.2 Å². The Balaban J connectivity index is 2.17. The summed E-state index contributed by atoms with van der Waals surface area (Å²) in [6, 6.07) is 12.7. The van der Waals surface area contributed by atoms with Gasteiger partial charge in [0.2, 0.25) is 0 Å². The zero-order valence-corrected chi connectivity index (χ0v) is 16.9. The van der Waals surface area contributed by atoms with Crippen molar-refractivity contribution in [2.24, 2.45) is 0 Å². The largest absolute Gasteiger partial charge is 0.494 e. The number of carbonyl (C=O) groups excluding carboxylic acids is 1. The summed E-state index contributed by atoms with van der Waals surface area (Å²) in [7, 11) is 0. The van der Waals surface area contributed by atoms with Crippen LogP contribution in [-0.4, -0.2) is 19.0 Å². The smallest absolute Gasteiger partial charge is 0.185 e. The van der Waals surface area contributed by atoms with Crippen LogP contribution in [0, 0.1) is 0 Å².